The summed E-state index contributed by atoms with van der Waals surface area (Å²) in [5.41, 5.74) is 4.59. The van der Waals surface area contributed by atoms with Crippen molar-refractivity contribution in [2.24, 2.45) is 5.92 Å². The van der Waals surface area contributed by atoms with Gasteiger partial charge in [-0.3, -0.25) is 0 Å². The first-order valence-electron chi connectivity index (χ1n) is 6.41. The van der Waals surface area contributed by atoms with Crippen molar-refractivity contribution in [2.75, 3.05) is 0 Å². The van der Waals surface area contributed by atoms with Gasteiger partial charge < -0.3 is 0 Å². The van der Waals surface area contributed by atoms with Crippen molar-refractivity contribution in [1.29, 1.82) is 0 Å². The molecule has 0 aromatic rings. The molecular weight excluding hydrogens is 192 g/mol. The maximum absolute atomic E-state index is 3.17. The number of hydrogen-bond acceptors (Lipinski definition) is 0. The van der Waals surface area contributed by atoms with Crippen molar-refractivity contribution in [1.82, 2.24) is 0 Å². The summed E-state index contributed by atoms with van der Waals surface area (Å²) in [5.74, 6) is 0.823. The molecule has 0 aliphatic carbocycles. The maximum atomic E-state index is 3.17. The molecule has 0 spiro atoms. The molecule has 0 heteroatoms. The van der Waals surface area contributed by atoms with Gasteiger partial charge in [0.1, 0.15) is 0 Å². The molecule has 0 amide bonds. The van der Waals surface area contributed by atoms with Crippen LogP contribution >= 0.6 is 0 Å². The molecule has 0 aliphatic heterocycles. The molecule has 1 atom stereocenters. The van der Waals surface area contributed by atoms with Crippen LogP contribution in [0.5, 0.6) is 0 Å². The SMILES string of the molecule is CC=C=CC(=CCC=CC)CCC(C)CC. The van der Waals surface area contributed by atoms with Crippen molar-refractivity contribution >= 4 is 0 Å². The van der Waals surface area contributed by atoms with E-state index < -0.39 is 0 Å². The Kier molecular flexibility index (Phi) is 9.86. The van der Waals surface area contributed by atoms with Crippen molar-refractivity contribution in [3.05, 3.63) is 41.7 Å². The third-order valence-corrected chi connectivity index (χ3v) is 2.81. The monoisotopic (exact) mass is 218 g/mol. The lowest BCUT2D eigenvalue weighted by Gasteiger charge is -2.07. The molecule has 0 N–H and O–H groups in total. The summed E-state index contributed by atoms with van der Waals surface area (Å²) in [4.78, 5) is 0. The van der Waals surface area contributed by atoms with Crippen LogP contribution in [0.1, 0.15) is 53.4 Å². The van der Waals surface area contributed by atoms with Gasteiger partial charge in [0.15, 0.2) is 0 Å². The zero-order chi connectivity index (χ0) is 12.2. The Morgan fingerprint density at radius 1 is 1.31 bits per heavy atom. The van der Waals surface area contributed by atoms with Gasteiger partial charge in [-0.05, 0) is 56.8 Å². The summed E-state index contributed by atoms with van der Waals surface area (Å²) >= 11 is 0. The highest BCUT2D eigenvalue weighted by molar-refractivity contribution is 5.19. The van der Waals surface area contributed by atoms with Crippen LogP contribution in [-0.4, -0.2) is 0 Å². The molecule has 0 heterocycles. The molecule has 0 aliphatic rings. The average Bonchev–Trinajstić information content (AvgIpc) is 2.31. The first kappa shape index (κ1) is 15.0. The summed E-state index contributed by atoms with van der Waals surface area (Å²) in [6.07, 6.45) is 15.4. The minimum atomic E-state index is 0.823. The van der Waals surface area contributed by atoms with E-state index in [4.69, 9.17) is 0 Å². The van der Waals surface area contributed by atoms with Gasteiger partial charge in [-0.15, -0.1) is 5.73 Å². The van der Waals surface area contributed by atoms with Gasteiger partial charge in [-0.25, -0.2) is 0 Å². The fourth-order valence-corrected chi connectivity index (χ4v) is 1.40. The van der Waals surface area contributed by atoms with E-state index >= 15 is 0 Å². The second-order valence-electron chi connectivity index (χ2n) is 4.24. The van der Waals surface area contributed by atoms with Crippen molar-refractivity contribution in [3.63, 3.8) is 0 Å². The van der Waals surface area contributed by atoms with E-state index in [1.54, 1.807) is 0 Å². The van der Waals surface area contributed by atoms with Crippen LogP contribution in [-0.2, 0) is 0 Å². The summed E-state index contributed by atoms with van der Waals surface area (Å²) in [5, 5.41) is 0. The zero-order valence-corrected chi connectivity index (χ0v) is 11.3. The van der Waals surface area contributed by atoms with Gasteiger partial charge in [0.25, 0.3) is 0 Å². The van der Waals surface area contributed by atoms with Gasteiger partial charge in [0.05, 0.1) is 0 Å². The van der Waals surface area contributed by atoms with Gasteiger partial charge in [-0.2, -0.15) is 0 Å². The standard InChI is InChI=1S/C16H26/c1-5-8-10-12-16(11-9-6-2)14-13-15(4)7-3/h5-6,8,11-12,15H,7,10,13-14H2,1-4H3. The molecule has 0 aromatic carbocycles. The topological polar surface area (TPSA) is 0 Å². The first-order chi connectivity index (χ1) is 7.74. The Morgan fingerprint density at radius 3 is 2.62 bits per heavy atom. The lowest BCUT2D eigenvalue weighted by atomic mass is 9.98. The van der Waals surface area contributed by atoms with E-state index in [0.717, 1.165) is 12.3 Å². The van der Waals surface area contributed by atoms with E-state index in [0.29, 0.717) is 0 Å². The van der Waals surface area contributed by atoms with Crippen LogP contribution in [0.25, 0.3) is 0 Å². The zero-order valence-electron chi connectivity index (χ0n) is 11.3. The van der Waals surface area contributed by atoms with E-state index in [-0.39, 0.29) is 0 Å². The number of hydrogen-bond donors (Lipinski definition) is 0. The summed E-state index contributed by atoms with van der Waals surface area (Å²) in [6.45, 7) is 8.65. The molecule has 0 bridgehead atoms. The van der Waals surface area contributed by atoms with Gasteiger partial charge in [0, 0.05) is 0 Å². The van der Waals surface area contributed by atoms with Crippen LogP contribution in [0.15, 0.2) is 41.7 Å². The number of allylic oxidation sites excluding steroid dienone is 5. The lowest BCUT2D eigenvalue weighted by molar-refractivity contribution is 0.517. The van der Waals surface area contributed by atoms with Crippen LogP contribution in [0.3, 0.4) is 0 Å². The van der Waals surface area contributed by atoms with Crippen molar-refractivity contribution < 1.29 is 0 Å². The highest BCUT2D eigenvalue weighted by Gasteiger charge is 1.99. The Hall–Kier alpha value is -1.00. The number of rotatable bonds is 7. The second kappa shape index (κ2) is 10.5. The second-order valence-corrected chi connectivity index (χ2v) is 4.24. The van der Waals surface area contributed by atoms with Gasteiger partial charge >= 0.3 is 0 Å². The van der Waals surface area contributed by atoms with E-state index in [1.807, 2.05) is 13.0 Å². The molecule has 16 heavy (non-hydrogen) atoms. The Morgan fingerprint density at radius 2 is 2.06 bits per heavy atom. The molecule has 1 unspecified atom stereocenters. The summed E-state index contributed by atoms with van der Waals surface area (Å²) in [7, 11) is 0. The molecule has 0 nitrogen and oxygen atoms in total. The third kappa shape index (κ3) is 8.32. The lowest BCUT2D eigenvalue weighted by Crippen LogP contribution is -1.92. The average molecular weight is 218 g/mol. The molecular formula is C16H26. The first-order valence-corrected chi connectivity index (χ1v) is 6.41. The summed E-state index contributed by atoms with van der Waals surface area (Å²) in [6, 6.07) is 0. The molecule has 0 radical (unpaired) electrons. The maximum Gasteiger partial charge on any atom is -0.0163 e. The third-order valence-electron chi connectivity index (χ3n) is 2.81. The molecule has 0 saturated carbocycles. The molecule has 90 valence electrons. The summed E-state index contributed by atoms with van der Waals surface area (Å²) < 4.78 is 0. The molecule has 0 rings (SSSR count). The van der Waals surface area contributed by atoms with Gasteiger partial charge in [0.2, 0.25) is 0 Å². The minimum Gasteiger partial charge on any atom is -0.125 e. The van der Waals surface area contributed by atoms with Crippen LogP contribution in [0.4, 0.5) is 0 Å². The van der Waals surface area contributed by atoms with Crippen LogP contribution in [0, 0.1) is 5.92 Å². The quantitative estimate of drug-likeness (QED) is 0.303. The Balaban J connectivity index is 4.31. The fourth-order valence-electron chi connectivity index (χ4n) is 1.40. The highest BCUT2D eigenvalue weighted by atomic mass is 14.0. The Bertz CT molecular complexity index is 272. The van der Waals surface area contributed by atoms with Crippen LogP contribution in [0.2, 0.25) is 0 Å². The van der Waals surface area contributed by atoms with Crippen molar-refractivity contribution in [3.8, 4) is 0 Å². The van der Waals surface area contributed by atoms with E-state index in [1.165, 1.54) is 24.8 Å². The molecule has 0 saturated heterocycles. The smallest absolute Gasteiger partial charge is 0.0163 e. The highest BCUT2D eigenvalue weighted by Crippen LogP contribution is 2.16. The molecule has 0 aromatic heterocycles. The fraction of sp³-hybridized carbons (Fsp3) is 0.562. The van der Waals surface area contributed by atoms with Crippen molar-refractivity contribution in [2.45, 2.75) is 53.4 Å². The predicted molar refractivity (Wildman–Crippen MR) is 74.5 cm³/mol. The largest absolute Gasteiger partial charge is 0.125 e. The predicted octanol–water partition coefficient (Wildman–Crippen LogP) is 5.44. The van der Waals surface area contributed by atoms with E-state index in [2.05, 4.69) is 50.8 Å². The van der Waals surface area contributed by atoms with Gasteiger partial charge in [-0.1, -0.05) is 38.5 Å². The normalized spacial score (nSPS) is 13.6. The molecule has 0 fully saturated rings. The Labute approximate surface area is 101 Å². The van der Waals surface area contributed by atoms with E-state index in [9.17, 15) is 0 Å². The van der Waals surface area contributed by atoms with Crippen LogP contribution < -0.4 is 0 Å². The minimum absolute atomic E-state index is 0.823.